The molecule has 0 unspecified atom stereocenters. The average molecular weight is 325 g/mol. The van der Waals surface area contributed by atoms with Crippen molar-refractivity contribution in [2.24, 2.45) is 0 Å². The smallest absolute Gasteiger partial charge is 0.409 e. The highest BCUT2D eigenvalue weighted by molar-refractivity contribution is 7.12. The summed E-state index contributed by atoms with van der Waals surface area (Å²) >= 11 is 1.44. The van der Waals surface area contributed by atoms with Crippen molar-refractivity contribution in [3.8, 4) is 0 Å². The molecular formula is C15H23N3O3S. The van der Waals surface area contributed by atoms with E-state index in [1.54, 1.807) is 4.90 Å². The summed E-state index contributed by atoms with van der Waals surface area (Å²) in [6, 6.07) is 4.08. The summed E-state index contributed by atoms with van der Waals surface area (Å²) in [5, 5.41) is 8.21. The van der Waals surface area contributed by atoms with Crippen LogP contribution in [0.15, 0.2) is 17.5 Å². The van der Waals surface area contributed by atoms with Gasteiger partial charge in [0.15, 0.2) is 0 Å². The fourth-order valence-electron chi connectivity index (χ4n) is 2.43. The molecule has 22 heavy (non-hydrogen) atoms. The first-order chi connectivity index (χ1) is 10.7. The lowest BCUT2D eigenvalue weighted by Gasteiger charge is -2.31. The number of rotatable bonds is 6. The van der Waals surface area contributed by atoms with Gasteiger partial charge < -0.3 is 20.3 Å². The van der Waals surface area contributed by atoms with Crippen LogP contribution in [0.3, 0.4) is 0 Å². The first-order valence-corrected chi connectivity index (χ1v) is 8.55. The third-order valence-electron chi connectivity index (χ3n) is 3.61. The van der Waals surface area contributed by atoms with Crippen molar-refractivity contribution < 1.29 is 14.3 Å². The van der Waals surface area contributed by atoms with E-state index in [4.69, 9.17) is 4.74 Å². The molecule has 2 rings (SSSR count). The molecule has 122 valence electrons. The lowest BCUT2D eigenvalue weighted by Crippen LogP contribution is -2.46. The third-order valence-corrected chi connectivity index (χ3v) is 4.48. The fourth-order valence-corrected chi connectivity index (χ4v) is 3.07. The maximum Gasteiger partial charge on any atom is 0.409 e. The highest BCUT2D eigenvalue weighted by Gasteiger charge is 2.22. The van der Waals surface area contributed by atoms with Crippen molar-refractivity contribution in [1.82, 2.24) is 15.5 Å². The van der Waals surface area contributed by atoms with Gasteiger partial charge in [-0.3, -0.25) is 4.79 Å². The number of thiophene rings is 1. The number of hydrogen-bond acceptors (Lipinski definition) is 5. The number of carbonyl (C=O) groups is 2. The lowest BCUT2D eigenvalue weighted by atomic mass is 10.1. The first kappa shape index (κ1) is 16.8. The van der Waals surface area contributed by atoms with E-state index in [0.717, 1.165) is 37.4 Å². The van der Waals surface area contributed by atoms with Crippen LogP contribution >= 0.6 is 11.3 Å². The van der Waals surface area contributed by atoms with Crippen LogP contribution in [0.25, 0.3) is 0 Å². The number of piperidine rings is 1. The fraction of sp³-hybridized carbons (Fsp3) is 0.600. The molecule has 1 aromatic rings. The van der Waals surface area contributed by atoms with E-state index in [9.17, 15) is 9.59 Å². The second kappa shape index (κ2) is 8.75. The first-order valence-electron chi connectivity index (χ1n) is 7.67. The molecule has 0 spiro atoms. The van der Waals surface area contributed by atoms with E-state index in [1.807, 2.05) is 24.4 Å². The van der Waals surface area contributed by atoms with Crippen molar-refractivity contribution in [2.45, 2.75) is 25.8 Å². The van der Waals surface area contributed by atoms with Gasteiger partial charge in [-0.1, -0.05) is 6.07 Å². The van der Waals surface area contributed by atoms with Crippen LogP contribution in [0.1, 0.15) is 29.4 Å². The van der Waals surface area contributed by atoms with Crippen molar-refractivity contribution in [1.29, 1.82) is 0 Å². The predicted molar refractivity (Wildman–Crippen MR) is 86.3 cm³/mol. The maximum atomic E-state index is 11.7. The summed E-state index contributed by atoms with van der Waals surface area (Å²) in [4.78, 5) is 25.8. The Bertz CT molecular complexity index is 470. The number of nitrogens with zero attached hydrogens (tertiary/aromatic N) is 1. The molecule has 0 saturated carbocycles. The zero-order valence-corrected chi connectivity index (χ0v) is 13.7. The van der Waals surface area contributed by atoms with Gasteiger partial charge in [0.25, 0.3) is 5.91 Å². The molecule has 0 radical (unpaired) electrons. The van der Waals surface area contributed by atoms with Gasteiger partial charge in [-0.2, -0.15) is 0 Å². The second-order valence-electron chi connectivity index (χ2n) is 5.15. The molecule has 0 atom stereocenters. The van der Waals surface area contributed by atoms with Gasteiger partial charge in [-0.05, 0) is 31.2 Å². The van der Waals surface area contributed by atoms with Crippen molar-refractivity contribution >= 4 is 23.3 Å². The Morgan fingerprint density at radius 2 is 2.14 bits per heavy atom. The predicted octanol–water partition coefficient (Wildman–Crippen LogP) is 1.69. The van der Waals surface area contributed by atoms with Gasteiger partial charge in [0.05, 0.1) is 11.5 Å². The summed E-state index contributed by atoms with van der Waals surface area (Å²) in [7, 11) is 0. The van der Waals surface area contributed by atoms with Crippen LogP contribution in [0.2, 0.25) is 0 Å². The summed E-state index contributed by atoms with van der Waals surface area (Å²) < 4.78 is 5.00. The van der Waals surface area contributed by atoms with Crippen molar-refractivity contribution in [3.63, 3.8) is 0 Å². The molecule has 2 heterocycles. The maximum absolute atomic E-state index is 11.7. The van der Waals surface area contributed by atoms with E-state index in [2.05, 4.69) is 10.6 Å². The van der Waals surface area contributed by atoms with E-state index in [0.29, 0.717) is 19.2 Å². The largest absolute Gasteiger partial charge is 0.450 e. The molecule has 1 fully saturated rings. The summed E-state index contributed by atoms with van der Waals surface area (Å²) in [6.45, 7) is 5.02. The quantitative estimate of drug-likeness (QED) is 0.781. The van der Waals surface area contributed by atoms with Gasteiger partial charge in [0, 0.05) is 32.2 Å². The Hall–Kier alpha value is -1.60. The number of hydrogen-bond donors (Lipinski definition) is 2. The SMILES string of the molecule is CCOC(=O)N1CCC(NCCNC(=O)c2cccs2)CC1. The highest BCUT2D eigenvalue weighted by Crippen LogP contribution is 2.11. The van der Waals surface area contributed by atoms with Gasteiger partial charge in [0.1, 0.15) is 0 Å². The summed E-state index contributed by atoms with van der Waals surface area (Å²) in [5.74, 6) is -0.0195. The van der Waals surface area contributed by atoms with E-state index in [1.165, 1.54) is 11.3 Å². The van der Waals surface area contributed by atoms with Crippen LogP contribution in [-0.4, -0.2) is 55.7 Å². The number of amides is 2. The van der Waals surface area contributed by atoms with Crippen LogP contribution in [0.5, 0.6) is 0 Å². The zero-order chi connectivity index (χ0) is 15.8. The lowest BCUT2D eigenvalue weighted by molar-refractivity contribution is 0.0933. The van der Waals surface area contributed by atoms with E-state index >= 15 is 0 Å². The third kappa shape index (κ3) is 4.99. The molecule has 0 aromatic carbocycles. The molecule has 7 heteroatoms. The normalized spacial score (nSPS) is 15.6. The van der Waals surface area contributed by atoms with Gasteiger partial charge in [-0.25, -0.2) is 4.79 Å². The van der Waals surface area contributed by atoms with E-state index < -0.39 is 0 Å². The Morgan fingerprint density at radius 1 is 1.36 bits per heavy atom. The Kier molecular flexibility index (Phi) is 6.67. The van der Waals surface area contributed by atoms with Gasteiger partial charge >= 0.3 is 6.09 Å². The second-order valence-corrected chi connectivity index (χ2v) is 6.10. The molecule has 0 aliphatic carbocycles. The number of ether oxygens (including phenoxy) is 1. The molecular weight excluding hydrogens is 302 g/mol. The molecule has 1 saturated heterocycles. The molecule has 1 aliphatic rings. The standard InChI is InChI=1S/C15H23N3O3S/c1-2-21-15(20)18-9-5-12(6-10-18)16-7-8-17-14(19)13-4-3-11-22-13/h3-4,11-12,16H,2,5-10H2,1H3,(H,17,19). The zero-order valence-electron chi connectivity index (χ0n) is 12.8. The molecule has 6 nitrogen and oxygen atoms in total. The number of carbonyl (C=O) groups excluding carboxylic acids is 2. The monoisotopic (exact) mass is 325 g/mol. The van der Waals surface area contributed by atoms with Crippen molar-refractivity contribution in [3.05, 3.63) is 22.4 Å². The molecule has 0 bridgehead atoms. The minimum Gasteiger partial charge on any atom is -0.450 e. The average Bonchev–Trinajstić information content (AvgIpc) is 3.06. The van der Waals surface area contributed by atoms with Crippen LogP contribution < -0.4 is 10.6 Å². The number of likely N-dealkylation sites (tertiary alicyclic amines) is 1. The molecule has 1 aromatic heterocycles. The van der Waals surface area contributed by atoms with Crippen LogP contribution in [-0.2, 0) is 4.74 Å². The van der Waals surface area contributed by atoms with Crippen LogP contribution in [0, 0.1) is 0 Å². The number of nitrogens with one attached hydrogen (secondary N) is 2. The van der Waals surface area contributed by atoms with Crippen molar-refractivity contribution in [2.75, 3.05) is 32.8 Å². The molecule has 2 amide bonds. The minimum atomic E-state index is -0.218. The Morgan fingerprint density at radius 3 is 2.77 bits per heavy atom. The highest BCUT2D eigenvalue weighted by atomic mass is 32.1. The van der Waals surface area contributed by atoms with Crippen LogP contribution in [0.4, 0.5) is 4.79 Å². The van der Waals surface area contributed by atoms with Gasteiger partial charge in [-0.15, -0.1) is 11.3 Å². The minimum absolute atomic E-state index is 0.0195. The van der Waals surface area contributed by atoms with Gasteiger partial charge in [0.2, 0.25) is 0 Å². The summed E-state index contributed by atoms with van der Waals surface area (Å²) in [5.41, 5.74) is 0. The molecule has 1 aliphatic heterocycles. The Labute approximate surface area is 134 Å². The van der Waals surface area contributed by atoms with E-state index in [-0.39, 0.29) is 12.0 Å². The Balaban J connectivity index is 1.57. The topological polar surface area (TPSA) is 70.7 Å². The molecule has 2 N–H and O–H groups in total. The summed E-state index contributed by atoms with van der Waals surface area (Å²) in [6.07, 6.45) is 1.61.